The lowest BCUT2D eigenvalue weighted by molar-refractivity contribution is -0.123. The van der Waals surface area contributed by atoms with Crippen LogP contribution in [0.1, 0.15) is 36.8 Å². The number of hydrogen-bond donors (Lipinski definition) is 1. The highest BCUT2D eigenvalue weighted by Gasteiger charge is 2.18. The van der Waals surface area contributed by atoms with E-state index in [0.29, 0.717) is 18.1 Å². The SMILES string of the molecule is COc1ccc(OCC(=O)NCc2cnc(C3CCCCO3)nc2)cc1. The number of methoxy groups -OCH3 is 1. The van der Waals surface area contributed by atoms with Crippen molar-refractivity contribution in [3.05, 3.63) is 48.0 Å². The van der Waals surface area contributed by atoms with Gasteiger partial charge in [-0.05, 0) is 43.5 Å². The summed E-state index contributed by atoms with van der Waals surface area (Å²) in [5, 5.41) is 2.79. The van der Waals surface area contributed by atoms with Gasteiger partial charge in [0.15, 0.2) is 12.4 Å². The van der Waals surface area contributed by atoms with E-state index in [9.17, 15) is 4.79 Å². The van der Waals surface area contributed by atoms with Crippen LogP contribution in [0.15, 0.2) is 36.7 Å². The predicted molar refractivity (Wildman–Crippen MR) is 94.9 cm³/mol. The third-order valence-corrected chi connectivity index (χ3v) is 4.11. The molecule has 0 radical (unpaired) electrons. The minimum atomic E-state index is -0.208. The largest absolute Gasteiger partial charge is 0.497 e. The van der Waals surface area contributed by atoms with Gasteiger partial charge in [-0.15, -0.1) is 0 Å². The molecule has 1 saturated heterocycles. The molecule has 1 atom stereocenters. The molecular formula is C19H23N3O4. The summed E-state index contributed by atoms with van der Waals surface area (Å²) in [6.07, 6.45) is 6.64. The smallest absolute Gasteiger partial charge is 0.258 e. The Balaban J connectivity index is 1.42. The van der Waals surface area contributed by atoms with Crippen LogP contribution in [0, 0.1) is 0 Å². The van der Waals surface area contributed by atoms with Gasteiger partial charge in [0, 0.05) is 31.1 Å². The standard InChI is InChI=1S/C19H23N3O4/c1-24-15-5-7-16(8-6-15)26-13-18(23)20-10-14-11-21-19(22-12-14)17-4-2-3-9-25-17/h5-8,11-12,17H,2-4,9-10,13H2,1H3,(H,20,23). The van der Waals surface area contributed by atoms with Crippen molar-refractivity contribution in [3.8, 4) is 11.5 Å². The first-order valence-corrected chi connectivity index (χ1v) is 8.70. The first-order valence-electron chi connectivity index (χ1n) is 8.70. The minimum Gasteiger partial charge on any atom is -0.497 e. The van der Waals surface area contributed by atoms with Crippen LogP contribution in [-0.2, 0) is 16.1 Å². The lowest BCUT2D eigenvalue weighted by Gasteiger charge is -2.21. The molecule has 1 unspecified atom stereocenters. The average molecular weight is 357 g/mol. The van der Waals surface area contributed by atoms with Gasteiger partial charge in [-0.2, -0.15) is 0 Å². The number of nitrogens with zero attached hydrogens (tertiary/aromatic N) is 2. The molecule has 1 aliphatic heterocycles. The van der Waals surface area contributed by atoms with E-state index in [4.69, 9.17) is 14.2 Å². The molecule has 1 aliphatic rings. The average Bonchev–Trinajstić information content (AvgIpc) is 2.72. The molecule has 0 spiro atoms. The Morgan fingerprint density at radius 1 is 1.19 bits per heavy atom. The Morgan fingerprint density at radius 2 is 1.92 bits per heavy atom. The number of amides is 1. The van der Waals surface area contributed by atoms with Crippen LogP contribution < -0.4 is 14.8 Å². The molecule has 138 valence electrons. The molecule has 7 heteroatoms. The summed E-state index contributed by atoms with van der Waals surface area (Å²) in [6.45, 7) is 1.07. The van der Waals surface area contributed by atoms with E-state index in [-0.39, 0.29) is 18.6 Å². The molecular weight excluding hydrogens is 334 g/mol. The number of carbonyl (C=O) groups excluding carboxylic acids is 1. The van der Waals surface area contributed by atoms with E-state index in [2.05, 4.69) is 15.3 Å². The number of carbonyl (C=O) groups is 1. The lowest BCUT2D eigenvalue weighted by atomic mass is 10.1. The molecule has 3 rings (SSSR count). The van der Waals surface area contributed by atoms with Gasteiger partial charge in [0.05, 0.1) is 7.11 Å². The Morgan fingerprint density at radius 3 is 2.58 bits per heavy atom. The van der Waals surface area contributed by atoms with Crippen molar-refractivity contribution in [2.45, 2.75) is 31.9 Å². The van der Waals surface area contributed by atoms with Gasteiger partial charge in [0.2, 0.25) is 0 Å². The van der Waals surface area contributed by atoms with Crippen LogP contribution in [0.25, 0.3) is 0 Å². The quantitative estimate of drug-likeness (QED) is 0.819. The van der Waals surface area contributed by atoms with Crippen LogP contribution in [0.3, 0.4) is 0 Å². The van der Waals surface area contributed by atoms with Crippen LogP contribution >= 0.6 is 0 Å². The van der Waals surface area contributed by atoms with Crippen molar-refractivity contribution in [1.29, 1.82) is 0 Å². The minimum absolute atomic E-state index is 0.00899. The van der Waals surface area contributed by atoms with Crippen molar-refractivity contribution in [3.63, 3.8) is 0 Å². The molecule has 2 aromatic rings. The zero-order valence-corrected chi connectivity index (χ0v) is 14.8. The molecule has 1 fully saturated rings. The van der Waals surface area contributed by atoms with E-state index in [1.54, 1.807) is 43.8 Å². The van der Waals surface area contributed by atoms with Gasteiger partial charge < -0.3 is 19.5 Å². The van der Waals surface area contributed by atoms with Crippen LogP contribution in [0.5, 0.6) is 11.5 Å². The number of aromatic nitrogens is 2. The summed E-state index contributed by atoms with van der Waals surface area (Å²) >= 11 is 0. The monoisotopic (exact) mass is 357 g/mol. The van der Waals surface area contributed by atoms with Gasteiger partial charge in [0.1, 0.15) is 17.6 Å². The lowest BCUT2D eigenvalue weighted by Crippen LogP contribution is -2.28. The fraction of sp³-hybridized carbons (Fsp3) is 0.421. The van der Waals surface area contributed by atoms with Gasteiger partial charge in [-0.25, -0.2) is 9.97 Å². The first kappa shape index (κ1) is 18.1. The second-order valence-corrected chi connectivity index (χ2v) is 6.05. The van der Waals surface area contributed by atoms with Crippen LogP contribution in [-0.4, -0.2) is 36.2 Å². The second-order valence-electron chi connectivity index (χ2n) is 6.05. The molecule has 7 nitrogen and oxygen atoms in total. The second kappa shape index (κ2) is 9.15. The maximum absolute atomic E-state index is 11.9. The summed E-state index contributed by atoms with van der Waals surface area (Å²) < 4.78 is 16.2. The maximum Gasteiger partial charge on any atom is 0.258 e. The summed E-state index contributed by atoms with van der Waals surface area (Å²) in [4.78, 5) is 20.6. The van der Waals surface area contributed by atoms with Crippen LogP contribution in [0.2, 0.25) is 0 Å². The molecule has 0 bridgehead atoms. The van der Waals surface area contributed by atoms with Crippen molar-refractivity contribution < 1.29 is 19.0 Å². The fourth-order valence-corrected chi connectivity index (χ4v) is 2.64. The molecule has 1 aromatic heterocycles. The normalized spacial score (nSPS) is 16.7. The Hall–Kier alpha value is -2.67. The zero-order chi connectivity index (χ0) is 18.2. The molecule has 1 aromatic carbocycles. The van der Waals surface area contributed by atoms with Crippen molar-refractivity contribution in [2.24, 2.45) is 0 Å². The van der Waals surface area contributed by atoms with E-state index in [1.165, 1.54) is 0 Å². The van der Waals surface area contributed by atoms with E-state index >= 15 is 0 Å². The Labute approximate surface area is 152 Å². The Kier molecular flexibility index (Phi) is 6.38. The van der Waals surface area contributed by atoms with Gasteiger partial charge in [-0.3, -0.25) is 4.79 Å². The van der Waals surface area contributed by atoms with Crippen molar-refractivity contribution in [1.82, 2.24) is 15.3 Å². The maximum atomic E-state index is 11.9. The summed E-state index contributed by atoms with van der Waals surface area (Å²) in [5.74, 6) is 1.85. The third-order valence-electron chi connectivity index (χ3n) is 4.11. The number of rotatable bonds is 7. The van der Waals surface area contributed by atoms with E-state index in [0.717, 1.165) is 37.2 Å². The van der Waals surface area contributed by atoms with Crippen molar-refractivity contribution in [2.75, 3.05) is 20.3 Å². The molecule has 0 saturated carbocycles. The third kappa shape index (κ3) is 5.16. The molecule has 1 amide bonds. The summed E-state index contributed by atoms with van der Waals surface area (Å²) in [5.41, 5.74) is 0.836. The first-order chi connectivity index (χ1) is 12.7. The zero-order valence-electron chi connectivity index (χ0n) is 14.8. The summed E-state index contributed by atoms with van der Waals surface area (Å²) in [7, 11) is 1.60. The van der Waals surface area contributed by atoms with Gasteiger partial charge >= 0.3 is 0 Å². The molecule has 2 heterocycles. The Bertz CT molecular complexity index is 698. The highest BCUT2D eigenvalue weighted by molar-refractivity contribution is 5.77. The molecule has 26 heavy (non-hydrogen) atoms. The fourth-order valence-electron chi connectivity index (χ4n) is 2.64. The predicted octanol–water partition coefficient (Wildman–Crippen LogP) is 2.42. The van der Waals surface area contributed by atoms with E-state index < -0.39 is 0 Å². The number of ether oxygens (including phenoxy) is 3. The number of nitrogens with one attached hydrogen (secondary N) is 1. The van der Waals surface area contributed by atoms with Gasteiger partial charge in [0.25, 0.3) is 5.91 Å². The van der Waals surface area contributed by atoms with Crippen molar-refractivity contribution >= 4 is 5.91 Å². The van der Waals surface area contributed by atoms with Gasteiger partial charge in [-0.1, -0.05) is 0 Å². The highest BCUT2D eigenvalue weighted by atomic mass is 16.5. The molecule has 1 N–H and O–H groups in total. The van der Waals surface area contributed by atoms with Crippen LogP contribution in [0.4, 0.5) is 0 Å². The van der Waals surface area contributed by atoms with E-state index in [1.807, 2.05) is 0 Å². The highest BCUT2D eigenvalue weighted by Crippen LogP contribution is 2.24. The number of hydrogen-bond acceptors (Lipinski definition) is 6. The number of benzene rings is 1. The summed E-state index contributed by atoms with van der Waals surface area (Å²) in [6, 6.07) is 7.07. The molecule has 0 aliphatic carbocycles. The topological polar surface area (TPSA) is 82.6 Å².